The van der Waals surface area contributed by atoms with Crippen LogP contribution in [0.15, 0.2) is 53.6 Å². The maximum atomic E-state index is 13.3. The van der Waals surface area contributed by atoms with Gasteiger partial charge in [0.05, 0.1) is 5.41 Å². The zero-order valence-electron chi connectivity index (χ0n) is 28.3. The number of fused-ring (bicyclic) bond motifs is 5. The minimum absolute atomic E-state index is 0.0196. The van der Waals surface area contributed by atoms with E-state index in [0.29, 0.717) is 19.3 Å². The third-order valence-electron chi connectivity index (χ3n) is 12.5. The Morgan fingerprint density at radius 2 is 1.67 bits per heavy atom. The summed E-state index contributed by atoms with van der Waals surface area (Å²) in [5, 5.41) is 37.2. The lowest BCUT2D eigenvalue weighted by Crippen LogP contribution is -2.78. The van der Waals surface area contributed by atoms with Crippen molar-refractivity contribution < 1.29 is 39.2 Å². The number of rotatable bonds is 7. The normalized spacial score (nSPS) is 38.9. The van der Waals surface area contributed by atoms with E-state index >= 15 is 0 Å². The van der Waals surface area contributed by atoms with E-state index in [1.165, 1.54) is 19.1 Å². The van der Waals surface area contributed by atoms with Gasteiger partial charge in [0, 0.05) is 24.5 Å². The van der Waals surface area contributed by atoms with Crippen LogP contribution in [-0.4, -0.2) is 62.1 Å². The number of benzene rings is 1. The summed E-state index contributed by atoms with van der Waals surface area (Å²) in [5.41, 5.74) is -3.99. The molecule has 3 fully saturated rings. The molecule has 8 heteroatoms. The minimum Gasteiger partial charge on any atom is -0.459 e. The fourth-order valence-electron chi connectivity index (χ4n) is 9.12. The highest BCUT2D eigenvalue weighted by molar-refractivity contribution is 5.88. The average Bonchev–Trinajstić information content (AvgIpc) is 3.22. The minimum atomic E-state index is -1.99. The molecule has 5 rings (SSSR count). The van der Waals surface area contributed by atoms with E-state index in [9.17, 15) is 29.7 Å². The van der Waals surface area contributed by atoms with Crippen molar-refractivity contribution in [2.75, 3.05) is 0 Å². The van der Waals surface area contributed by atoms with Crippen LogP contribution in [0.5, 0.6) is 0 Å². The number of carbonyl (C=O) groups excluding carboxylic acids is 3. The summed E-state index contributed by atoms with van der Waals surface area (Å²) in [6, 6.07) is 7.79. The van der Waals surface area contributed by atoms with Gasteiger partial charge >= 0.3 is 11.9 Å². The van der Waals surface area contributed by atoms with Gasteiger partial charge in [-0.2, -0.15) is 0 Å². The topological polar surface area (TPSA) is 130 Å². The SMILES string of the molecule is CC(=O)[C@]1(O)CC[C@@]2(O)[C@]1(C)[C@H](OC(=O)/C=C(\C)C(C)C)CC1[C@@]3(C)CC[C@H](OC(=O)/C=C/c4ccccc4C)CC3=CC[C@]12O. The summed E-state index contributed by atoms with van der Waals surface area (Å²) in [7, 11) is 0. The van der Waals surface area contributed by atoms with Gasteiger partial charge in [0.15, 0.2) is 5.78 Å². The molecule has 8 nitrogen and oxygen atoms in total. The summed E-state index contributed by atoms with van der Waals surface area (Å²) in [6.07, 6.45) is 6.99. The van der Waals surface area contributed by atoms with Crippen LogP contribution in [-0.2, 0) is 23.9 Å². The zero-order chi connectivity index (χ0) is 33.9. The van der Waals surface area contributed by atoms with Gasteiger partial charge in [-0.05, 0) is 94.8 Å². The third-order valence-corrected chi connectivity index (χ3v) is 12.5. The number of allylic oxidation sites excluding steroid dienone is 1. The Morgan fingerprint density at radius 3 is 2.33 bits per heavy atom. The second-order valence-electron chi connectivity index (χ2n) is 15.0. The van der Waals surface area contributed by atoms with Gasteiger partial charge in [-0.3, -0.25) is 4.79 Å². The number of carbonyl (C=O) groups is 3. The van der Waals surface area contributed by atoms with E-state index in [-0.39, 0.29) is 37.7 Å². The molecule has 1 aromatic rings. The molecule has 1 aromatic carbocycles. The van der Waals surface area contributed by atoms with Crippen molar-refractivity contribution in [1.82, 2.24) is 0 Å². The Kier molecular flexibility index (Phi) is 8.84. The summed E-state index contributed by atoms with van der Waals surface area (Å²) in [6.45, 7) is 12.7. The van der Waals surface area contributed by atoms with Gasteiger partial charge in [-0.25, -0.2) is 9.59 Å². The number of Topliss-reactive ketones (excluding diaryl/α,β-unsaturated/α-hetero) is 1. The molecule has 4 aliphatic rings. The molecule has 0 bridgehead atoms. The van der Waals surface area contributed by atoms with Crippen LogP contribution in [0, 0.1) is 29.6 Å². The summed E-state index contributed by atoms with van der Waals surface area (Å²) in [5.74, 6) is -1.98. The Bertz CT molecular complexity index is 1510. The predicted octanol–water partition coefficient (Wildman–Crippen LogP) is 5.56. The van der Waals surface area contributed by atoms with Crippen LogP contribution in [0.3, 0.4) is 0 Å². The lowest BCUT2D eigenvalue weighted by molar-refractivity contribution is -0.314. The fourth-order valence-corrected chi connectivity index (χ4v) is 9.12. The van der Waals surface area contributed by atoms with E-state index in [4.69, 9.17) is 9.47 Å². The molecule has 3 saturated carbocycles. The lowest BCUT2D eigenvalue weighted by atomic mass is 9.42. The van der Waals surface area contributed by atoms with Crippen molar-refractivity contribution in [3.05, 3.63) is 64.8 Å². The molecule has 0 aromatic heterocycles. The fraction of sp³-hybridized carbons (Fsp3) is 0.605. The van der Waals surface area contributed by atoms with Gasteiger partial charge in [0.2, 0.25) is 0 Å². The molecule has 0 amide bonds. The van der Waals surface area contributed by atoms with Crippen LogP contribution in [0.25, 0.3) is 6.08 Å². The molecule has 0 heterocycles. The smallest absolute Gasteiger partial charge is 0.331 e. The molecule has 0 spiro atoms. The Labute approximate surface area is 272 Å². The van der Waals surface area contributed by atoms with E-state index in [1.807, 2.05) is 58.0 Å². The monoisotopic (exact) mass is 634 g/mol. The molecule has 46 heavy (non-hydrogen) atoms. The summed E-state index contributed by atoms with van der Waals surface area (Å²) < 4.78 is 12.0. The maximum Gasteiger partial charge on any atom is 0.331 e. The van der Waals surface area contributed by atoms with Gasteiger partial charge in [-0.1, -0.05) is 62.3 Å². The first kappa shape index (κ1) is 34.3. The highest BCUT2D eigenvalue weighted by Gasteiger charge is 2.81. The molecule has 0 radical (unpaired) electrons. The Balaban J connectivity index is 1.45. The maximum absolute atomic E-state index is 13.3. The van der Waals surface area contributed by atoms with Crippen molar-refractivity contribution >= 4 is 23.8 Å². The first-order valence-electron chi connectivity index (χ1n) is 16.6. The lowest BCUT2D eigenvalue weighted by Gasteiger charge is -2.67. The molecule has 3 N–H and O–H groups in total. The van der Waals surface area contributed by atoms with E-state index in [2.05, 4.69) is 6.92 Å². The highest BCUT2D eigenvalue weighted by Crippen LogP contribution is 2.71. The standard InChI is InChI=1S/C38H50O8/c1-23(2)25(4)20-33(41)46-31-22-30-34(6)16-15-29(45-32(40)13-12-27-11-9-8-10-24(27)3)21-28(34)14-17-37(30,43)38(44)19-18-36(42,26(5)39)35(31,38)7/h8-14,20,23,29-31,42-44H,15-19,21-22H2,1-7H3/b13-12+,25-20+/t29-,30?,31+,34-,35+,36+,37-,38+/m0/s1. The van der Waals surface area contributed by atoms with E-state index in [1.54, 1.807) is 13.0 Å². The number of ketones is 1. The highest BCUT2D eigenvalue weighted by atomic mass is 16.6. The number of hydrogen-bond donors (Lipinski definition) is 3. The van der Waals surface area contributed by atoms with Gasteiger partial charge in [0.25, 0.3) is 0 Å². The first-order valence-corrected chi connectivity index (χ1v) is 16.6. The molecule has 8 atom stereocenters. The quantitative estimate of drug-likeness (QED) is 0.202. The summed E-state index contributed by atoms with van der Waals surface area (Å²) in [4.78, 5) is 39.1. The van der Waals surface area contributed by atoms with Crippen molar-refractivity contribution in [1.29, 1.82) is 0 Å². The second-order valence-corrected chi connectivity index (χ2v) is 15.0. The van der Waals surface area contributed by atoms with Crippen molar-refractivity contribution in [2.45, 2.75) is 122 Å². The number of ether oxygens (including phenoxy) is 2. The Hall–Kier alpha value is -3.07. The third kappa shape index (κ3) is 5.12. The molecule has 4 aliphatic carbocycles. The van der Waals surface area contributed by atoms with Crippen LogP contribution < -0.4 is 0 Å². The number of hydrogen-bond acceptors (Lipinski definition) is 8. The van der Waals surface area contributed by atoms with Crippen LogP contribution in [0.1, 0.15) is 97.6 Å². The van der Waals surface area contributed by atoms with Gasteiger partial charge in [-0.15, -0.1) is 0 Å². The second kappa shape index (κ2) is 11.9. The predicted molar refractivity (Wildman–Crippen MR) is 174 cm³/mol. The number of aliphatic hydroxyl groups is 3. The van der Waals surface area contributed by atoms with Gasteiger partial charge in [0.1, 0.15) is 29.0 Å². The zero-order valence-corrected chi connectivity index (χ0v) is 28.3. The largest absolute Gasteiger partial charge is 0.459 e. The first-order chi connectivity index (χ1) is 21.4. The molecular formula is C38H50O8. The van der Waals surface area contributed by atoms with Crippen LogP contribution >= 0.6 is 0 Å². The molecule has 1 unspecified atom stereocenters. The van der Waals surface area contributed by atoms with Crippen molar-refractivity contribution in [3.8, 4) is 0 Å². The van der Waals surface area contributed by atoms with Crippen LogP contribution in [0.4, 0.5) is 0 Å². The van der Waals surface area contributed by atoms with Crippen molar-refractivity contribution in [2.24, 2.45) is 22.7 Å². The van der Waals surface area contributed by atoms with E-state index in [0.717, 1.165) is 22.3 Å². The molecule has 0 saturated heterocycles. The average molecular weight is 635 g/mol. The van der Waals surface area contributed by atoms with E-state index < -0.39 is 57.4 Å². The Morgan fingerprint density at radius 1 is 0.978 bits per heavy atom. The van der Waals surface area contributed by atoms with Gasteiger partial charge < -0.3 is 24.8 Å². The molecular weight excluding hydrogens is 584 g/mol. The van der Waals surface area contributed by atoms with Crippen LogP contribution in [0.2, 0.25) is 0 Å². The summed E-state index contributed by atoms with van der Waals surface area (Å²) >= 11 is 0. The number of esters is 2. The molecule has 0 aliphatic heterocycles. The molecule has 250 valence electrons. The number of aryl methyl sites for hydroxylation is 1. The van der Waals surface area contributed by atoms with Crippen molar-refractivity contribution in [3.63, 3.8) is 0 Å².